The fourth-order valence-electron chi connectivity index (χ4n) is 5.57. The van der Waals surface area contributed by atoms with E-state index in [1.165, 1.54) is 18.2 Å². The van der Waals surface area contributed by atoms with Gasteiger partial charge in [-0.15, -0.1) is 0 Å². The Bertz CT molecular complexity index is 1530. The predicted molar refractivity (Wildman–Crippen MR) is 160 cm³/mol. The van der Waals surface area contributed by atoms with Crippen LogP contribution in [0, 0.1) is 13.8 Å². The molecule has 39 heavy (non-hydrogen) atoms. The van der Waals surface area contributed by atoms with Crippen LogP contribution in [0.15, 0.2) is 72.9 Å². The number of hydrogen-bond donors (Lipinski definition) is 2. The predicted octanol–water partition coefficient (Wildman–Crippen LogP) is 6.20. The van der Waals surface area contributed by atoms with Crippen molar-refractivity contribution in [1.29, 1.82) is 0 Å². The maximum atomic E-state index is 11.9. The summed E-state index contributed by atoms with van der Waals surface area (Å²) in [5.41, 5.74) is 8.26. The van der Waals surface area contributed by atoms with Crippen molar-refractivity contribution in [3.63, 3.8) is 0 Å². The summed E-state index contributed by atoms with van der Waals surface area (Å²) in [5, 5.41) is 7.02. The lowest BCUT2D eigenvalue weighted by Gasteiger charge is -2.29. The van der Waals surface area contributed by atoms with Crippen molar-refractivity contribution >= 4 is 34.6 Å². The summed E-state index contributed by atoms with van der Waals surface area (Å²) >= 11 is 5.95. The van der Waals surface area contributed by atoms with Gasteiger partial charge in [0.2, 0.25) is 5.91 Å². The number of aromatic nitrogens is 2. The Hall–Kier alpha value is -4.17. The monoisotopic (exact) mass is 539 g/mol. The average Bonchev–Trinajstić information content (AvgIpc) is 3.43. The highest BCUT2D eigenvalue weighted by molar-refractivity contribution is 7.80. The highest BCUT2D eigenvalue weighted by Gasteiger charge is 2.42. The minimum atomic E-state index is -0.181. The Morgan fingerprint density at radius 1 is 1.10 bits per heavy atom. The van der Waals surface area contributed by atoms with Gasteiger partial charge in [-0.3, -0.25) is 9.78 Å². The molecule has 1 saturated heterocycles. The maximum Gasteiger partial charge on any atom is 0.221 e. The number of methoxy groups -OCH3 is 1. The lowest BCUT2D eigenvalue weighted by atomic mass is 9.96. The molecule has 1 amide bonds. The topological polar surface area (TPSA) is 71.4 Å². The lowest BCUT2D eigenvalue weighted by Crippen LogP contribution is -2.29. The van der Waals surface area contributed by atoms with Crippen molar-refractivity contribution in [2.24, 2.45) is 0 Å². The minimum absolute atomic E-state index is 0.173. The standard InChI is InChI=1S/C31H33N5O2S/c1-6-22-11-7-8-13-27(22)35-19(2)17-24(20(35)3)30-29(25-12-9-10-16-32-25)34-31(39)36(30)23-14-15-28(38-5)26(18-23)33-21(4)37/h7-18,29-30H,6H2,1-5H3,(H,33,37)(H,34,39)/t29-,30+/m1/s1. The largest absolute Gasteiger partial charge is 0.495 e. The van der Waals surface area contributed by atoms with Gasteiger partial charge in [-0.25, -0.2) is 0 Å². The van der Waals surface area contributed by atoms with E-state index in [9.17, 15) is 4.79 Å². The molecule has 5 rings (SSSR count). The molecule has 3 heterocycles. The van der Waals surface area contributed by atoms with Crippen LogP contribution in [0.25, 0.3) is 5.69 Å². The van der Waals surface area contributed by atoms with Gasteiger partial charge in [0.15, 0.2) is 5.11 Å². The zero-order valence-electron chi connectivity index (χ0n) is 22.9. The van der Waals surface area contributed by atoms with Gasteiger partial charge in [-0.2, -0.15) is 0 Å². The molecule has 7 nitrogen and oxygen atoms in total. The number of nitrogens with zero attached hydrogens (tertiary/aromatic N) is 3. The quantitative estimate of drug-likeness (QED) is 0.273. The van der Waals surface area contributed by atoms with Crippen molar-refractivity contribution in [2.45, 2.75) is 46.2 Å². The zero-order valence-corrected chi connectivity index (χ0v) is 23.7. The zero-order chi connectivity index (χ0) is 27.7. The van der Waals surface area contributed by atoms with Crippen molar-refractivity contribution < 1.29 is 9.53 Å². The highest BCUT2D eigenvalue weighted by Crippen LogP contribution is 2.45. The number of hydrogen-bond acceptors (Lipinski definition) is 4. The number of aryl methyl sites for hydroxylation is 2. The molecule has 4 aromatic rings. The van der Waals surface area contributed by atoms with Crippen molar-refractivity contribution in [1.82, 2.24) is 14.9 Å². The first kappa shape index (κ1) is 26.4. The SMILES string of the molecule is CCc1ccccc1-n1c(C)cc([C@H]2[C@@H](c3ccccn3)NC(=S)N2c2ccc(OC)c(NC(C)=O)c2)c1C. The van der Waals surface area contributed by atoms with Crippen LogP contribution in [0.4, 0.5) is 11.4 Å². The molecular formula is C31H33N5O2S. The van der Waals surface area contributed by atoms with Crippen molar-refractivity contribution in [3.05, 3.63) is 101 Å². The van der Waals surface area contributed by atoms with E-state index in [1.807, 2.05) is 42.6 Å². The van der Waals surface area contributed by atoms with Gasteiger partial charge in [-0.1, -0.05) is 31.2 Å². The maximum absolute atomic E-state index is 11.9. The van der Waals surface area contributed by atoms with Crippen LogP contribution in [0.2, 0.25) is 0 Å². The third-order valence-corrected chi connectivity index (χ3v) is 7.59. The number of carbonyl (C=O) groups is 1. The molecule has 0 radical (unpaired) electrons. The lowest BCUT2D eigenvalue weighted by molar-refractivity contribution is -0.114. The van der Waals surface area contributed by atoms with E-state index in [1.54, 1.807) is 7.11 Å². The van der Waals surface area contributed by atoms with Crippen molar-refractivity contribution in [3.8, 4) is 11.4 Å². The first-order valence-electron chi connectivity index (χ1n) is 13.1. The number of pyridine rings is 1. The number of carbonyl (C=O) groups excluding carboxylic acids is 1. The second kappa shape index (κ2) is 10.9. The highest BCUT2D eigenvalue weighted by atomic mass is 32.1. The Balaban J connectivity index is 1.69. The van der Waals surface area contributed by atoms with E-state index in [0.717, 1.165) is 34.8 Å². The van der Waals surface area contributed by atoms with Gasteiger partial charge in [0.1, 0.15) is 5.75 Å². The molecule has 2 aromatic heterocycles. The number of nitrogens with one attached hydrogen (secondary N) is 2. The fraction of sp³-hybridized carbons (Fsp3) is 0.258. The number of anilines is 2. The molecular weight excluding hydrogens is 506 g/mol. The molecule has 1 fully saturated rings. The van der Waals surface area contributed by atoms with Crippen LogP contribution in [-0.2, 0) is 11.2 Å². The molecule has 2 aromatic carbocycles. The molecule has 2 N–H and O–H groups in total. The average molecular weight is 540 g/mol. The molecule has 0 bridgehead atoms. The van der Waals surface area contributed by atoms with E-state index >= 15 is 0 Å². The number of para-hydroxylation sites is 1. The fourth-order valence-corrected chi connectivity index (χ4v) is 5.91. The summed E-state index contributed by atoms with van der Waals surface area (Å²) in [4.78, 5) is 18.8. The molecule has 8 heteroatoms. The smallest absolute Gasteiger partial charge is 0.221 e. The van der Waals surface area contributed by atoms with E-state index < -0.39 is 0 Å². The summed E-state index contributed by atoms with van der Waals surface area (Å²) in [6.07, 6.45) is 2.75. The van der Waals surface area contributed by atoms with Gasteiger partial charge in [0.25, 0.3) is 0 Å². The van der Waals surface area contributed by atoms with E-state index in [-0.39, 0.29) is 18.0 Å². The van der Waals surface area contributed by atoms with Crippen molar-refractivity contribution in [2.75, 3.05) is 17.3 Å². The molecule has 0 saturated carbocycles. The van der Waals surface area contributed by atoms with Gasteiger partial charge < -0.3 is 24.8 Å². The van der Waals surface area contributed by atoms with Gasteiger partial charge in [0, 0.05) is 35.9 Å². The van der Waals surface area contributed by atoms with E-state index in [2.05, 4.69) is 71.2 Å². The summed E-state index contributed by atoms with van der Waals surface area (Å²) in [5.74, 6) is 0.410. The minimum Gasteiger partial charge on any atom is -0.495 e. The first-order chi connectivity index (χ1) is 18.8. The Morgan fingerprint density at radius 3 is 2.56 bits per heavy atom. The number of benzene rings is 2. The molecule has 0 spiro atoms. The molecule has 2 atom stereocenters. The van der Waals surface area contributed by atoms with Crippen LogP contribution in [0.3, 0.4) is 0 Å². The van der Waals surface area contributed by atoms with Gasteiger partial charge >= 0.3 is 0 Å². The first-order valence-corrected chi connectivity index (χ1v) is 13.5. The summed E-state index contributed by atoms with van der Waals surface area (Å²) in [6, 6.07) is 22.1. The van der Waals surface area contributed by atoms with Crippen LogP contribution < -0.4 is 20.3 Å². The number of amides is 1. The number of ether oxygens (including phenoxy) is 1. The van der Waals surface area contributed by atoms with Crippen LogP contribution in [-0.4, -0.2) is 27.7 Å². The van der Waals surface area contributed by atoms with E-state index in [0.29, 0.717) is 16.5 Å². The number of rotatable bonds is 7. The van der Waals surface area contributed by atoms with Crippen LogP contribution in [0.5, 0.6) is 5.75 Å². The Morgan fingerprint density at radius 2 is 1.87 bits per heavy atom. The summed E-state index contributed by atoms with van der Waals surface area (Å²) < 4.78 is 7.84. The second-order valence-corrected chi connectivity index (χ2v) is 10.1. The van der Waals surface area contributed by atoms with Crippen LogP contribution in [0.1, 0.15) is 54.1 Å². The molecule has 200 valence electrons. The second-order valence-electron chi connectivity index (χ2n) is 9.71. The van der Waals surface area contributed by atoms with E-state index in [4.69, 9.17) is 21.9 Å². The third kappa shape index (κ3) is 4.88. The Labute approximate surface area is 234 Å². The molecule has 1 aliphatic heterocycles. The molecule has 0 unspecified atom stereocenters. The van der Waals surface area contributed by atoms with Gasteiger partial charge in [0.05, 0.1) is 30.6 Å². The van der Waals surface area contributed by atoms with Crippen LogP contribution >= 0.6 is 12.2 Å². The summed E-state index contributed by atoms with van der Waals surface area (Å²) in [7, 11) is 1.59. The normalized spacial score (nSPS) is 16.7. The number of thiocarbonyl (C=S) groups is 1. The Kier molecular flexibility index (Phi) is 7.39. The third-order valence-electron chi connectivity index (χ3n) is 7.27. The van der Waals surface area contributed by atoms with Gasteiger partial charge in [-0.05, 0) is 86.1 Å². The molecule has 0 aliphatic carbocycles. The molecule has 1 aliphatic rings. The summed E-state index contributed by atoms with van der Waals surface area (Å²) in [6.45, 7) is 7.98.